The molecule has 0 heterocycles. The molecule has 0 atom stereocenters. The van der Waals surface area contributed by atoms with E-state index in [0.29, 0.717) is 17.8 Å². The Morgan fingerprint density at radius 1 is 1.03 bits per heavy atom. The molecular formula is C15H11N4O9S-. The van der Waals surface area contributed by atoms with Crippen LogP contribution in [-0.4, -0.2) is 25.5 Å². The first-order valence-electron chi connectivity index (χ1n) is 7.70. The number of hydrogen-bond donors (Lipinski definition) is 0. The Labute approximate surface area is 165 Å². The average molecular weight is 423 g/mol. The second kappa shape index (κ2) is 8.47. The predicted octanol–water partition coefficient (Wildman–Crippen LogP) is 3.20. The molecule has 13 nitrogen and oxygen atoms in total. The number of benzene rings is 1. The molecule has 1 aromatic rings. The number of non-ortho nitro benzene ring substituents is 1. The zero-order chi connectivity index (χ0) is 21.9. The van der Waals surface area contributed by atoms with Gasteiger partial charge >= 0.3 is 0 Å². The largest absolute Gasteiger partial charge is 0.301 e. The Morgan fingerprint density at radius 3 is 2.17 bits per heavy atom. The second-order valence-corrected chi connectivity index (χ2v) is 6.92. The van der Waals surface area contributed by atoms with Crippen LogP contribution in [0.5, 0.6) is 0 Å². The third kappa shape index (κ3) is 4.92. The summed E-state index contributed by atoms with van der Waals surface area (Å²) < 4.78 is 0. The number of thioether (sulfide) groups is 1. The lowest BCUT2D eigenvalue weighted by Crippen LogP contribution is -2.19. The van der Waals surface area contributed by atoms with Crippen LogP contribution in [0.3, 0.4) is 0 Å². The number of Topliss-reactive ketones (excluding diaryl/α,β-unsaturated/α-hetero) is 1. The maximum absolute atomic E-state index is 11.4. The van der Waals surface area contributed by atoms with Crippen molar-refractivity contribution in [3.8, 4) is 0 Å². The highest BCUT2D eigenvalue weighted by Crippen LogP contribution is 2.45. The van der Waals surface area contributed by atoms with E-state index in [0.717, 1.165) is 18.2 Å². The molecule has 1 aliphatic carbocycles. The lowest BCUT2D eigenvalue weighted by atomic mass is 9.91. The van der Waals surface area contributed by atoms with Gasteiger partial charge in [0.05, 0.1) is 20.8 Å². The van der Waals surface area contributed by atoms with Crippen molar-refractivity contribution in [1.29, 1.82) is 0 Å². The van der Waals surface area contributed by atoms with Crippen molar-refractivity contribution in [1.82, 2.24) is 0 Å². The Hall–Kier alpha value is -3.81. The van der Waals surface area contributed by atoms with Gasteiger partial charge in [0, 0.05) is 20.8 Å². The highest BCUT2D eigenvalue weighted by atomic mass is 32.2. The number of carbonyl (C=O) groups is 1. The SMILES string of the molecule is CC(=O)C[C-]1CC(Sc2ccc([N+](=O)[O-])cc2[N+](=O)[O-])=C([N+](=O)[O-])C=C1[N+](=O)[O-]. The van der Waals surface area contributed by atoms with Gasteiger partial charge < -0.3 is 4.79 Å². The predicted molar refractivity (Wildman–Crippen MR) is 97.9 cm³/mol. The van der Waals surface area contributed by atoms with Crippen molar-refractivity contribution in [3.63, 3.8) is 0 Å². The zero-order valence-electron chi connectivity index (χ0n) is 14.6. The molecule has 152 valence electrons. The summed E-state index contributed by atoms with van der Waals surface area (Å²) in [6.07, 6.45) is 0.0626. The highest BCUT2D eigenvalue weighted by molar-refractivity contribution is 8.03. The molecular weight excluding hydrogens is 412 g/mol. The summed E-state index contributed by atoms with van der Waals surface area (Å²) in [5.41, 5.74) is -2.39. The second-order valence-electron chi connectivity index (χ2n) is 5.78. The molecule has 0 radical (unpaired) electrons. The van der Waals surface area contributed by atoms with Crippen LogP contribution in [0.1, 0.15) is 19.8 Å². The van der Waals surface area contributed by atoms with Crippen LogP contribution in [0.15, 0.2) is 45.5 Å². The minimum absolute atomic E-state index is 0.0279. The van der Waals surface area contributed by atoms with Gasteiger partial charge in [0.2, 0.25) is 5.70 Å². The van der Waals surface area contributed by atoms with Gasteiger partial charge in [-0.05, 0) is 19.4 Å². The van der Waals surface area contributed by atoms with E-state index < -0.39 is 48.2 Å². The van der Waals surface area contributed by atoms with Crippen molar-refractivity contribution >= 4 is 28.9 Å². The van der Waals surface area contributed by atoms with Gasteiger partial charge in [-0.3, -0.25) is 40.5 Å². The van der Waals surface area contributed by atoms with Gasteiger partial charge in [0.15, 0.2) is 0 Å². The third-order valence-electron chi connectivity index (χ3n) is 3.73. The van der Waals surface area contributed by atoms with E-state index in [2.05, 4.69) is 0 Å². The number of rotatable bonds is 8. The van der Waals surface area contributed by atoms with Crippen molar-refractivity contribution in [3.05, 3.63) is 86.9 Å². The van der Waals surface area contributed by atoms with Crippen LogP contribution in [-0.2, 0) is 4.79 Å². The Bertz CT molecular complexity index is 1000. The number of carbonyl (C=O) groups excluding carboxylic acids is 1. The standard InChI is InChI=1S/C15H11N4O9S/c1-8(20)4-9-5-15(13(19(27)28)7-11(9)17(23)24)29-14-3-2-10(16(21)22)6-12(14)18(25)26/h2-3,6-7H,4-5H2,1H3/q-1. The number of ketones is 1. The summed E-state index contributed by atoms with van der Waals surface area (Å²) in [7, 11) is 0. The molecule has 0 saturated heterocycles. The van der Waals surface area contributed by atoms with E-state index in [9.17, 15) is 45.3 Å². The van der Waals surface area contributed by atoms with Crippen LogP contribution in [0.25, 0.3) is 0 Å². The number of nitrogens with zero attached hydrogens (tertiary/aromatic N) is 4. The minimum Gasteiger partial charge on any atom is -0.301 e. The average Bonchev–Trinajstić information content (AvgIpc) is 2.60. The van der Waals surface area contributed by atoms with E-state index >= 15 is 0 Å². The van der Waals surface area contributed by atoms with Crippen LogP contribution in [0.2, 0.25) is 0 Å². The zero-order valence-corrected chi connectivity index (χ0v) is 15.4. The molecule has 0 aromatic heterocycles. The van der Waals surface area contributed by atoms with Gasteiger partial charge in [0.25, 0.3) is 11.4 Å². The van der Waals surface area contributed by atoms with Gasteiger partial charge in [-0.15, -0.1) is 5.92 Å². The van der Waals surface area contributed by atoms with Crippen LogP contribution >= 0.6 is 11.8 Å². The van der Waals surface area contributed by atoms with Crippen molar-refractivity contribution in [2.24, 2.45) is 0 Å². The van der Waals surface area contributed by atoms with E-state index in [1.165, 1.54) is 6.92 Å². The molecule has 0 spiro atoms. The van der Waals surface area contributed by atoms with Gasteiger partial charge in [-0.2, -0.15) is 0 Å². The van der Waals surface area contributed by atoms with E-state index in [1.54, 1.807) is 0 Å². The lowest BCUT2D eigenvalue weighted by molar-refractivity contribution is -0.436. The summed E-state index contributed by atoms with van der Waals surface area (Å²) in [6, 6.07) is 2.79. The fourth-order valence-electron chi connectivity index (χ4n) is 2.55. The molecule has 29 heavy (non-hydrogen) atoms. The molecule has 0 bridgehead atoms. The number of hydrogen-bond acceptors (Lipinski definition) is 10. The highest BCUT2D eigenvalue weighted by Gasteiger charge is 2.30. The summed E-state index contributed by atoms with van der Waals surface area (Å²) in [5, 5.41) is 44.7. The molecule has 1 aromatic carbocycles. The maximum Gasteiger partial charge on any atom is 0.290 e. The van der Waals surface area contributed by atoms with Gasteiger partial charge in [-0.25, -0.2) is 0 Å². The number of allylic oxidation sites excluding steroid dienone is 3. The Kier molecular flexibility index (Phi) is 6.28. The van der Waals surface area contributed by atoms with Crippen LogP contribution in [0, 0.1) is 46.4 Å². The van der Waals surface area contributed by atoms with Crippen molar-refractivity contribution < 1.29 is 24.5 Å². The first-order valence-corrected chi connectivity index (χ1v) is 8.51. The quantitative estimate of drug-likeness (QED) is 0.341. The normalized spacial score (nSPS) is 13.7. The topological polar surface area (TPSA) is 190 Å². The van der Waals surface area contributed by atoms with Crippen molar-refractivity contribution in [2.75, 3.05) is 0 Å². The molecule has 0 saturated carbocycles. The van der Waals surface area contributed by atoms with Gasteiger partial charge in [0.1, 0.15) is 11.5 Å². The molecule has 0 N–H and O–H groups in total. The minimum atomic E-state index is -0.872. The summed E-state index contributed by atoms with van der Waals surface area (Å²) >= 11 is 0.595. The number of nitro benzene ring substituents is 2. The molecule has 1 aliphatic rings. The summed E-state index contributed by atoms with van der Waals surface area (Å²) in [5.74, 6) is -0.372. The molecule has 0 aliphatic heterocycles. The van der Waals surface area contributed by atoms with E-state index in [4.69, 9.17) is 0 Å². The smallest absolute Gasteiger partial charge is 0.290 e. The van der Waals surface area contributed by atoms with Crippen LogP contribution < -0.4 is 0 Å². The summed E-state index contributed by atoms with van der Waals surface area (Å²) in [4.78, 5) is 52.6. The Balaban J connectivity index is 2.56. The Morgan fingerprint density at radius 2 is 1.69 bits per heavy atom. The lowest BCUT2D eigenvalue weighted by Gasteiger charge is -2.27. The fraction of sp³-hybridized carbons (Fsp3) is 0.200. The fourth-order valence-corrected chi connectivity index (χ4v) is 3.67. The van der Waals surface area contributed by atoms with Crippen LogP contribution in [0.4, 0.5) is 11.4 Å². The molecule has 0 fully saturated rings. The molecule has 0 unspecified atom stereocenters. The monoisotopic (exact) mass is 423 g/mol. The van der Waals surface area contributed by atoms with Gasteiger partial charge in [-0.1, -0.05) is 24.3 Å². The maximum atomic E-state index is 11.4. The molecule has 14 heteroatoms. The van der Waals surface area contributed by atoms with E-state index in [-0.39, 0.29) is 28.6 Å². The van der Waals surface area contributed by atoms with E-state index in [1.807, 2.05) is 0 Å². The first kappa shape index (κ1) is 21.5. The third-order valence-corrected chi connectivity index (χ3v) is 4.90. The molecule has 0 amide bonds. The first-order chi connectivity index (χ1) is 13.5. The van der Waals surface area contributed by atoms with Crippen molar-refractivity contribution in [2.45, 2.75) is 24.7 Å². The number of nitro groups is 4. The molecule has 2 rings (SSSR count). The summed E-state index contributed by atoms with van der Waals surface area (Å²) in [6.45, 7) is 1.20.